The van der Waals surface area contributed by atoms with Crippen molar-refractivity contribution in [2.45, 2.75) is 51.4 Å². The molecule has 2 N–H and O–H groups in total. The lowest BCUT2D eigenvalue weighted by Gasteiger charge is -2.31. The molecule has 0 bridgehead atoms. The Labute approximate surface area is 150 Å². The van der Waals surface area contributed by atoms with E-state index in [0.29, 0.717) is 30.9 Å². The quantitative estimate of drug-likeness (QED) is 0.480. The van der Waals surface area contributed by atoms with Gasteiger partial charge in [-0.2, -0.15) is 18.4 Å². The molecule has 142 valence electrons. The van der Waals surface area contributed by atoms with Gasteiger partial charge in [-0.25, -0.2) is 9.38 Å². The number of nitrogens with one attached hydrogen (secondary N) is 2. The SMILES string of the molecule is CCNC(=NCc1ccc(C#N)cc1F)NC1CCCC(C(F)(F)F)C1. The predicted octanol–water partition coefficient (Wildman–Crippen LogP) is 3.87. The van der Waals surface area contributed by atoms with Crippen molar-refractivity contribution in [2.24, 2.45) is 10.9 Å². The molecule has 0 spiro atoms. The maximum absolute atomic E-state index is 13.9. The van der Waals surface area contributed by atoms with Crippen LogP contribution >= 0.6 is 0 Å². The van der Waals surface area contributed by atoms with Crippen molar-refractivity contribution in [1.29, 1.82) is 5.26 Å². The lowest BCUT2D eigenvalue weighted by Crippen LogP contribution is -2.46. The van der Waals surface area contributed by atoms with Gasteiger partial charge in [-0.15, -0.1) is 0 Å². The van der Waals surface area contributed by atoms with Crippen LogP contribution in [0.25, 0.3) is 0 Å². The van der Waals surface area contributed by atoms with Gasteiger partial charge in [-0.3, -0.25) is 0 Å². The Morgan fingerprint density at radius 1 is 1.35 bits per heavy atom. The molecule has 0 aromatic heterocycles. The van der Waals surface area contributed by atoms with E-state index in [2.05, 4.69) is 15.6 Å². The summed E-state index contributed by atoms with van der Waals surface area (Å²) >= 11 is 0. The van der Waals surface area contributed by atoms with E-state index in [1.807, 2.05) is 13.0 Å². The zero-order valence-corrected chi connectivity index (χ0v) is 14.5. The molecular formula is C18H22F4N4. The topological polar surface area (TPSA) is 60.2 Å². The fraction of sp³-hybridized carbons (Fsp3) is 0.556. The third kappa shape index (κ3) is 5.61. The van der Waals surface area contributed by atoms with E-state index in [-0.39, 0.29) is 31.0 Å². The van der Waals surface area contributed by atoms with E-state index in [1.165, 1.54) is 12.1 Å². The van der Waals surface area contributed by atoms with Gasteiger partial charge >= 0.3 is 6.18 Å². The van der Waals surface area contributed by atoms with Crippen LogP contribution in [0.5, 0.6) is 0 Å². The van der Waals surface area contributed by atoms with Crippen LogP contribution < -0.4 is 10.6 Å². The molecule has 1 aliphatic rings. The fourth-order valence-electron chi connectivity index (χ4n) is 3.04. The standard InChI is InChI=1S/C18H22F4N4/c1-2-24-17(25-11-13-7-6-12(10-23)8-16(13)19)26-15-5-3-4-14(9-15)18(20,21)22/h6-8,14-15H,2-5,9,11H2,1H3,(H2,24,25,26). The highest BCUT2D eigenvalue weighted by Crippen LogP contribution is 2.37. The molecule has 1 aliphatic carbocycles. The van der Waals surface area contributed by atoms with Gasteiger partial charge in [-0.1, -0.05) is 12.5 Å². The summed E-state index contributed by atoms with van der Waals surface area (Å²) in [7, 11) is 0. The van der Waals surface area contributed by atoms with Crippen molar-refractivity contribution >= 4 is 5.96 Å². The number of nitriles is 1. The highest BCUT2D eigenvalue weighted by molar-refractivity contribution is 5.80. The third-order valence-electron chi connectivity index (χ3n) is 4.41. The van der Waals surface area contributed by atoms with Crippen molar-refractivity contribution in [3.05, 3.63) is 35.1 Å². The van der Waals surface area contributed by atoms with Crippen LogP contribution in [0.1, 0.15) is 43.7 Å². The lowest BCUT2D eigenvalue weighted by molar-refractivity contribution is -0.183. The largest absolute Gasteiger partial charge is 0.391 e. The molecule has 0 aliphatic heterocycles. The van der Waals surface area contributed by atoms with Gasteiger partial charge in [0.15, 0.2) is 5.96 Å². The van der Waals surface area contributed by atoms with Gasteiger partial charge < -0.3 is 10.6 Å². The molecule has 4 nitrogen and oxygen atoms in total. The normalized spacial score (nSPS) is 21.2. The van der Waals surface area contributed by atoms with Crippen molar-refractivity contribution in [3.8, 4) is 6.07 Å². The Morgan fingerprint density at radius 3 is 2.73 bits per heavy atom. The average Bonchev–Trinajstić information content (AvgIpc) is 2.60. The van der Waals surface area contributed by atoms with Crippen LogP contribution in [-0.2, 0) is 6.54 Å². The fourth-order valence-corrected chi connectivity index (χ4v) is 3.04. The molecule has 8 heteroatoms. The van der Waals surface area contributed by atoms with E-state index in [4.69, 9.17) is 5.26 Å². The third-order valence-corrected chi connectivity index (χ3v) is 4.41. The molecule has 26 heavy (non-hydrogen) atoms. The Balaban J connectivity index is 2.04. The van der Waals surface area contributed by atoms with Crippen LogP contribution in [0.4, 0.5) is 17.6 Å². The van der Waals surface area contributed by atoms with Crippen molar-refractivity contribution < 1.29 is 17.6 Å². The maximum atomic E-state index is 13.9. The van der Waals surface area contributed by atoms with Gasteiger partial charge in [0.05, 0.1) is 24.1 Å². The summed E-state index contributed by atoms with van der Waals surface area (Å²) in [5, 5.41) is 14.8. The summed E-state index contributed by atoms with van der Waals surface area (Å²) in [6, 6.07) is 5.67. The van der Waals surface area contributed by atoms with Crippen molar-refractivity contribution in [2.75, 3.05) is 6.54 Å². The number of rotatable bonds is 4. The first kappa shape index (κ1) is 20.0. The van der Waals surface area contributed by atoms with Crippen LogP contribution in [0.3, 0.4) is 0 Å². The highest BCUT2D eigenvalue weighted by atomic mass is 19.4. The zero-order chi connectivity index (χ0) is 19.2. The molecule has 2 rings (SSSR count). The summed E-state index contributed by atoms with van der Waals surface area (Å²) in [5.74, 6) is -1.46. The number of hydrogen-bond acceptors (Lipinski definition) is 2. The Morgan fingerprint density at radius 2 is 2.12 bits per heavy atom. The molecule has 0 saturated heterocycles. The minimum atomic E-state index is -4.18. The monoisotopic (exact) mass is 370 g/mol. The van der Waals surface area contributed by atoms with Crippen LogP contribution in [0, 0.1) is 23.1 Å². The number of hydrogen-bond donors (Lipinski definition) is 2. The first-order chi connectivity index (χ1) is 12.3. The summed E-state index contributed by atoms with van der Waals surface area (Å²) in [5.41, 5.74) is 0.540. The van der Waals surface area contributed by atoms with E-state index in [1.54, 1.807) is 0 Å². The average molecular weight is 370 g/mol. The number of nitrogens with zero attached hydrogens (tertiary/aromatic N) is 2. The minimum absolute atomic E-state index is 0.0130. The predicted molar refractivity (Wildman–Crippen MR) is 90.9 cm³/mol. The number of aliphatic imine (C=N–C) groups is 1. The number of halogens is 4. The molecule has 0 radical (unpaired) electrons. The van der Waals surface area contributed by atoms with Gasteiger partial charge in [0.1, 0.15) is 5.82 Å². The summed E-state index contributed by atoms with van der Waals surface area (Å²) in [4.78, 5) is 4.27. The smallest absolute Gasteiger partial charge is 0.357 e. The molecule has 1 aromatic carbocycles. The van der Waals surface area contributed by atoms with Crippen LogP contribution in [-0.4, -0.2) is 24.7 Å². The second-order valence-electron chi connectivity index (χ2n) is 6.36. The van der Waals surface area contributed by atoms with E-state index in [9.17, 15) is 17.6 Å². The van der Waals surface area contributed by atoms with E-state index < -0.39 is 17.9 Å². The molecule has 2 atom stereocenters. The Bertz CT molecular complexity index is 679. The highest BCUT2D eigenvalue weighted by Gasteiger charge is 2.42. The summed E-state index contributed by atoms with van der Waals surface area (Å²) in [6.07, 6.45) is -2.86. The maximum Gasteiger partial charge on any atom is 0.391 e. The van der Waals surface area contributed by atoms with Crippen molar-refractivity contribution in [3.63, 3.8) is 0 Å². The molecule has 1 fully saturated rings. The molecule has 2 unspecified atom stereocenters. The molecule has 1 saturated carbocycles. The Kier molecular flexibility index (Phi) is 6.83. The van der Waals surface area contributed by atoms with Gasteiger partial charge in [-0.05, 0) is 38.3 Å². The van der Waals surface area contributed by atoms with Gasteiger partial charge in [0.2, 0.25) is 0 Å². The van der Waals surface area contributed by atoms with Gasteiger partial charge in [0, 0.05) is 18.2 Å². The number of benzene rings is 1. The van der Waals surface area contributed by atoms with E-state index in [0.717, 1.165) is 6.07 Å². The molecule has 0 heterocycles. The second-order valence-corrected chi connectivity index (χ2v) is 6.36. The van der Waals surface area contributed by atoms with Crippen LogP contribution in [0.2, 0.25) is 0 Å². The lowest BCUT2D eigenvalue weighted by atomic mass is 9.85. The molecule has 1 aromatic rings. The molecule has 0 amide bonds. The number of alkyl halides is 3. The van der Waals surface area contributed by atoms with Gasteiger partial charge in [0.25, 0.3) is 0 Å². The summed E-state index contributed by atoms with van der Waals surface area (Å²) < 4.78 is 52.7. The second kappa shape index (κ2) is 8.88. The Hall–Kier alpha value is -2.30. The summed E-state index contributed by atoms with van der Waals surface area (Å²) in [6.45, 7) is 2.41. The molecular weight excluding hydrogens is 348 g/mol. The first-order valence-electron chi connectivity index (χ1n) is 8.63. The van der Waals surface area contributed by atoms with Crippen LogP contribution in [0.15, 0.2) is 23.2 Å². The first-order valence-corrected chi connectivity index (χ1v) is 8.63. The number of guanidine groups is 1. The zero-order valence-electron chi connectivity index (χ0n) is 14.5. The van der Waals surface area contributed by atoms with Crippen molar-refractivity contribution in [1.82, 2.24) is 10.6 Å². The van der Waals surface area contributed by atoms with E-state index >= 15 is 0 Å². The minimum Gasteiger partial charge on any atom is -0.357 e.